The van der Waals surface area contributed by atoms with Crippen LogP contribution >= 0.6 is 0 Å². The predicted molar refractivity (Wildman–Crippen MR) is 61.7 cm³/mol. The lowest BCUT2D eigenvalue weighted by Gasteiger charge is -2.35. The summed E-state index contributed by atoms with van der Waals surface area (Å²) in [5.74, 6) is -0.627. The molecule has 1 fully saturated rings. The summed E-state index contributed by atoms with van der Waals surface area (Å²) in [5, 5.41) is 0. The van der Waals surface area contributed by atoms with Crippen molar-refractivity contribution in [1.29, 1.82) is 0 Å². The molecule has 1 aliphatic carbocycles. The molecule has 0 amide bonds. The van der Waals surface area contributed by atoms with Crippen molar-refractivity contribution in [2.75, 3.05) is 5.75 Å². The zero-order valence-electron chi connectivity index (χ0n) is 10.1. The van der Waals surface area contributed by atoms with Crippen LogP contribution in [0.5, 0.6) is 0 Å². The van der Waals surface area contributed by atoms with Gasteiger partial charge < -0.3 is 0 Å². The van der Waals surface area contributed by atoms with Crippen LogP contribution in [0.1, 0.15) is 40.0 Å². The van der Waals surface area contributed by atoms with E-state index in [1.165, 1.54) is 0 Å². The van der Waals surface area contributed by atoms with Crippen LogP contribution in [0, 0.1) is 17.3 Å². The molecule has 0 aromatic rings. The molecule has 4 nitrogen and oxygen atoms in total. The Labute approximate surface area is 97.2 Å². The average molecular weight is 248 g/mol. The van der Waals surface area contributed by atoms with Gasteiger partial charge in [-0.05, 0) is 24.2 Å². The Morgan fingerprint density at radius 1 is 1.31 bits per heavy atom. The molecule has 1 N–H and O–H groups in total. The van der Waals surface area contributed by atoms with Crippen LogP contribution in [0.15, 0.2) is 0 Å². The summed E-state index contributed by atoms with van der Waals surface area (Å²) in [7, 11) is -4.03. The van der Waals surface area contributed by atoms with E-state index in [-0.39, 0.29) is 11.2 Å². The van der Waals surface area contributed by atoms with E-state index in [9.17, 15) is 13.2 Å². The molecule has 94 valence electrons. The van der Waals surface area contributed by atoms with Crippen molar-refractivity contribution in [3.05, 3.63) is 0 Å². The van der Waals surface area contributed by atoms with E-state index in [1.54, 1.807) is 0 Å². The zero-order valence-corrected chi connectivity index (χ0v) is 10.9. The quantitative estimate of drug-likeness (QED) is 0.758. The molecule has 0 spiro atoms. The van der Waals surface area contributed by atoms with Gasteiger partial charge >= 0.3 is 0 Å². The summed E-state index contributed by atoms with van der Waals surface area (Å²) in [4.78, 5) is 11.8. The second kappa shape index (κ2) is 4.45. The molecular formula is C11H20O4S. The largest absolute Gasteiger partial charge is 0.299 e. The van der Waals surface area contributed by atoms with Gasteiger partial charge in [0.25, 0.3) is 10.1 Å². The van der Waals surface area contributed by atoms with Crippen LogP contribution in [-0.2, 0) is 14.9 Å². The summed E-state index contributed by atoms with van der Waals surface area (Å²) in [6.45, 7) is 6.27. The van der Waals surface area contributed by atoms with Gasteiger partial charge in [0, 0.05) is 12.3 Å². The molecule has 0 aliphatic heterocycles. The summed E-state index contributed by atoms with van der Waals surface area (Å²) < 4.78 is 30.2. The van der Waals surface area contributed by atoms with Crippen molar-refractivity contribution < 1.29 is 17.8 Å². The van der Waals surface area contributed by atoms with Crippen LogP contribution in [0.3, 0.4) is 0 Å². The first-order valence-electron chi connectivity index (χ1n) is 5.57. The van der Waals surface area contributed by atoms with Crippen LogP contribution in [-0.4, -0.2) is 24.5 Å². The van der Waals surface area contributed by atoms with Crippen molar-refractivity contribution in [3.8, 4) is 0 Å². The molecule has 1 saturated carbocycles. The Morgan fingerprint density at radius 2 is 1.88 bits per heavy atom. The summed E-state index contributed by atoms with van der Waals surface area (Å²) >= 11 is 0. The first-order chi connectivity index (χ1) is 7.09. The molecule has 0 radical (unpaired) electrons. The first kappa shape index (κ1) is 13.6. The van der Waals surface area contributed by atoms with Crippen molar-refractivity contribution >= 4 is 15.9 Å². The topological polar surface area (TPSA) is 71.4 Å². The second-order valence-corrected chi connectivity index (χ2v) is 7.25. The van der Waals surface area contributed by atoms with Crippen molar-refractivity contribution in [3.63, 3.8) is 0 Å². The third-order valence-corrected chi connectivity index (χ3v) is 4.23. The smallest absolute Gasteiger partial charge is 0.265 e. The number of carbonyl (C=O) groups excluding carboxylic acids is 1. The minimum Gasteiger partial charge on any atom is -0.299 e. The molecule has 0 saturated heterocycles. The molecule has 0 heterocycles. The van der Waals surface area contributed by atoms with Crippen molar-refractivity contribution in [2.24, 2.45) is 17.3 Å². The van der Waals surface area contributed by atoms with Gasteiger partial charge in [-0.25, -0.2) is 0 Å². The van der Waals surface area contributed by atoms with Gasteiger partial charge in [0.15, 0.2) is 0 Å². The van der Waals surface area contributed by atoms with E-state index in [0.717, 1.165) is 6.42 Å². The Kier molecular flexibility index (Phi) is 3.80. The molecule has 1 aliphatic rings. The Balaban J connectivity index is 2.64. The number of ketones is 1. The van der Waals surface area contributed by atoms with Gasteiger partial charge in [-0.3, -0.25) is 9.35 Å². The minimum absolute atomic E-state index is 0.0243. The van der Waals surface area contributed by atoms with E-state index in [0.29, 0.717) is 18.8 Å². The highest BCUT2D eigenvalue weighted by Crippen LogP contribution is 2.38. The fourth-order valence-electron chi connectivity index (χ4n) is 2.24. The van der Waals surface area contributed by atoms with Gasteiger partial charge in [-0.2, -0.15) is 8.42 Å². The molecule has 0 aromatic carbocycles. The highest BCUT2D eigenvalue weighted by Gasteiger charge is 2.36. The van der Waals surface area contributed by atoms with E-state index in [2.05, 4.69) is 20.8 Å². The maximum atomic E-state index is 11.8. The number of Topliss-reactive ketones (excluding diaryl/α,β-unsaturated/α-hetero) is 1. The summed E-state index contributed by atoms with van der Waals surface area (Å²) in [5.41, 5.74) is 0.0821. The average Bonchev–Trinajstić information content (AvgIpc) is 2.04. The Hall–Kier alpha value is -0.420. The van der Waals surface area contributed by atoms with E-state index in [4.69, 9.17) is 4.55 Å². The number of hydrogen-bond donors (Lipinski definition) is 1. The Bertz CT molecular complexity index is 364. The molecular weight excluding hydrogens is 228 g/mol. The van der Waals surface area contributed by atoms with Gasteiger partial charge in [0.2, 0.25) is 0 Å². The fourth-order valence-corrected chi connectivity index (χ4v) is 3.11. The third-order valence-electron chi connectivity index (χ3n) is 3.40. The lowest BCUT2D eigenvalue weighted by atomic mass is 9.69. The zero-order chi connectivity index (χ0) is 12.6. The molecule has 0 aromatic heterocycles. The standard InChI is InChI=1S/C11H20O4S/c1-11(2,3)9-5-4-8(10(12)6-9)7-16(13,14)15/h8-9H,4-7H2,1-3H3,(H,13,14,15). The molecule has 1 rings (SSSR count). The molecule has 0 bridgehead atoms. The van der Waals surface area contributed by atoms with Gasteiger partial charge in [0.1, 0.15) is 5.78 Å². The van der Waals surface area contributed by atoms with E-state index in [1.807, 2.05) is 0 Å². The van der Waals surface area contributed by atoms with E-state index >= 15 is 0 Å². The molecule has 2 atom stereocenters. The van der Waals surface area contributed by atoms with Gasteiger partial charge in [-0.15, -0.1) is 0 Å². The van der Waals surface area contributed by atoms with Gasteiger partial charge in [-0.1, -0.05) is 20.8 Å². The maximum absolute atomic E-state index is 11.8. The summed E-state index contributed by atoms with van der Waals surface area (Å²) in [6.07, 6.45) is 1.86. The van der Waals surface area contributed by atoms with Gasteiger partial charge in [0.05, 0.1) is 5.75 Å². The fraction of sp³-hybridized carbons (Fsp3) is 0.909. The minimum atomic E-state index is -4.03. The Morgan fingerprint density at radius 3 is 2.25 bits per heavy atom. The maximum Gasteiger partial charge on any atom is 0.265 e. The lowest BCUT2D eigenvalue weighted by Crippen LogP contribution is -2.35. The number of carbonyl (C=O) groups is 1. The van der Waals surface area contributed by atoms with Crippen LogP contribution < -0.4 is 0 Å². The first-order valence-corrected chi connectivity index (χ1v) is 7.18. The number of hydrogen-bond acceptors (Lipinski definition) is 3. The highest BCUT2D eigenvalue weighted by atomic mass is 32.2. The number of rotatable bonds is 2. The van der Waals surface area contributed by atoms with Crippen LogP contribution in [0.4, 0.5) is 0 Å². The third kappa shape index (κ3) is 3.87. The predicted octanol–water partition coefficient (Wildman–Crippen LogP) is 1.91. The monoisotopic (exact) mass is 248 g/mol. The molecule has 5 heteroatoms. The normalized spacial score (nSPS) is 28.1. The molecule has 16 heavy (non-hydrogen) atoms. The molecule has 2 unspecified atom stereocenters. The highest BCUT2D eigenvalue weighted by molar-refractivity contribution is 7.85. The van der Waals surface area contributed by atoms with E-state index < -0.39 is 21.8 Å². The van der Waals surface area contributed by atoms with Crippen molar-refractivity contribution in [1.82, 2.24) is 0 Å². The lowest BCUT2D eigenvalue weighted by molar-refractivity contribution is -0.126. The summed E-state index contributed by atoms with van der Waals surface area (Å²) in [6, 6.07) is 0. The second-order valence-electron chi connectivity index (χ2n) is 5.76. The van der Waals surface area contributed by atoms with Crippen LogP contribution in [0.2, 0.25) is 0 Å². The SMILES string of the molecule is CC(C)(C)C1CCC(CS(=O)(=O)O)C(=O)C1. The van der Waals surface area contributed by atoms with Crippen molar-refractivity contribution in [2.45, 2.75) is 40.0 Å². The van der Waals surface area contributed by atoms with Crippen LogP contribution in [0.25, 0.3) is 0 Å².